The lowest BCUT2D eigenvalue weighted by atomic mass is 10.2. The number of amides is 1. The molecule has 1 amide bonds. The highest BCUT2D eigenvalue weighted by Gasteiger charge is 2.48. The summed E-state index contributed by atoms with van der Waals surface area (Å²) in [4.78, 5) is 36.6. The van der Waals surface area contributed by atoms with Crippen molar-refractivity contribution in [3.05, 3.63) is 0 Å². The molecule has 0 saturated carbocycles. The fraction of sp³-hybridized carbons (Fsp3) is 0.812. The molecule has 0 aliphatic carbocycles. The topological polar surface area (TPSA) is 85.4 Å². The lowest BCUT2D eigenvalue weighted by molar-refractivity contribution is -0.206. The number of hydrogen-bond acceptors (Lipinski definition) is 6. The van der Waals surface area contributed by atoms with Crippen molar-refractivity contribution in [2.24, 2.45) is 0 Å². The number of nitrogens with zero attached hydrogens (tertiary/aromatic N) is 1. The first-order valence-corrected chi connectivity index (χ1v) is 7.63. The summed E-state index contributed by atoms with van der Waals surface area (Å²) in [6.45, 7) is 12.3. The van der Waals surface area contributed by atoms with E-state index in [-0.39, 0.29) is 6.10 Å². The molecule has 1 aliphatic heterocycles. The second-order valence-corrected chi connectivity index (χ2v) is 7.52. The van der Waals surface area contributed by atoms with Crippen LogP contribution in [-0.2, 0) is 28.6 Å². The van der Waals surface area contributed by atoms with Crippen LogP contribution in [0.2, 0.25) is 0 Å². The smallest absolute Gasteiger partial charge is 0.259 e. The Morgan fingerprint density at radius 2 is 1.35 bits per heavy atom. The molecule has 0 aromatic rings. The van der Waals surface area contributed by atoms with E-state index in [1.54, 1.807) is 48.5 Å². The van der Waals surface area contributed by atoms with Crippen LogP contribution in [0, 0.1) is 0 Å². The van der Waals surface area contributed by atoms with E-state index in [4.69, 9.17) is 14.2 Å². The lowest BCUT2D eigenvalue weighted by Gasteiger charge is -2.37. The number of rotatable bonds is 7. The molecule has 0 radical (unpaired) electrons. The van der Waals surface area contributed by atoms with Gasteiger partial charge in [0.25, 0.3) is 5.91 Å². The molecule has 0 bridgehead atoms. The summed E-state index contributed by atoms with van der Waals surface area (Å²) in [5.74, 6) is -0.500. The first-order chi connectivity index (χ1) is 10.4. The number of ether oxygens (including phenoxy) is 3. The molecule has 0 spiro atoms. The average molecular weight is 329 g/mol. The monoisotopic (exact) mass is 329 g/mol. The molecule has 2 unspecified atom stereocenters. The van der Waals surface area contributed by atoms with Gasteiger partial charge in [0.15, 0.2) is 31.1 Å². The third-order valence-electron chi connectivity index (χ3n) is 2.94. The fourth-order valence-corrected chi connectivity index (χ4v) is 2.01. The summed E-state index contributed by atoms with van der Waals surface area (Å²) in [5.41, 5.74) is -1.37. The molecule has 132 valence electrons. The van der Waals surface area contributed by atoms with Gasteiger partial charge in [-0.1, -0.05) is 0 Å². The van der Waals surface area contributed by atoms with Gasteiger partial charge in [0.2, 0.25) is 0 Å². The Bertz CT molecular complexity index is 422. The minimum atomic E-state index is -1.24. The molecule has 0 aromatic heterocycles. The van der Waals surface area contributed by atoms with Crippen LogP contribution in [0.4, 0.5) is 0 Å². The van der Waals surface area contributed by atoms with E-state index >= 15 is 0 Å². The summed E-state index contributed by atoms with van der Waals surface area (Å²) >= 11 is 0. The molecule has 23 heavy (non-hydrogen) atoms. The van der Waals surface area contributed by atoms with E-state index in [9.17, 15) is 14.4 Å². The van der Waals surface area contributed by atoms with Crippen LogP contribution in [0.1, 0.15) is 48.5 Å². The summed E-state index contributed by atoms with van der Waals surface area (Å²) in [5, 5.41) is 0. The molecular formula is C16H27NO6. The minimum absolute atomic E-state index is 0.256. The van der Waals surface area contributed by atoms with E-state index in [0.29, 0.717) is 12.6 Å². The van der Waals surface area contributed by atoms with Gasteiger partial charge in [-0.25, -0.2) is 0 Å². The molecule has 1 aliphatic rings. The molecule has 7 heteroatoms. The second-order valence-electron chi connectivity index (χ2n) is 7.52. The normalized spacial score (nSPS) is 23.8. The van der Waals surface area contributed by atoms with Crippen LogP contribution in [-0.4, -0.2) is 59.2 Å². The van der Waals surface area contributed by atoms with Crippen LogP contribution >= 0.6 is 0 Å². The van der Waals surface area contributed by atoms with E-state index < -0.39 is 35.7 Å². The molecule has 1 fully saturated rings. The van der Waals surface area contributed by atoms with Crippen molar-refractivity contribution in [1.82, 2.24) is 4.90 Å². The van der Waals surface area contributed by atoms with Crippen molar-refractivity contribution in [2.45, 2.75) is 84.3 Å². The van der Waals surface area contributed by atoms with Crippen LogP contribution in [0.5, 0.6) is 0 Å². The molecular weight excluding hydrogens is 302 g/mol. The van der Waals surface area contributed by atoms with Crippen molar-refractivity contribution < 1.29 is 28.6 Å². The average Bonchev–Trinajstić information content (AvgIpc) is 3.10. The number of hydrogen-bond donors (Lipinski definition) is 0. The van der Waals surface area contributed by atoms with Crippen molar-refractivity contribution >= 4 is 18.5 Å². The maximum absolute atomic E-state index is 12.6. The maximum Gasteiger partial charge on any atom is 0.259 e. The predicted molar refractivity (Wildman–Crippen MR) is 82.6 cm³/mol. The second kappa shape index (κ2) is 7.07. The predicted octanol–water partition coefficient (Wildman–Crippen LogP) is 1.28. The number of carbonyl (C=O) groups excluding carboxylic acids is 3. The summed E-state index contributed by atoms with van der Waals surface area (Å²) in [7, 11) is 0. The first kappa shape index (κ1) is 19.7. The van der Waals surface area contributed by atoms with E-state index in [2.05, 4.69) is 0 Å². The van der Waals surface area contributed by atoms with E-state index in [0.717, 1.165) is 4.90 Å². The molecule has 0 aromatic carbocycles. The van der Waals surface area contributed by atoms with Gasteiger partial charge in [-0.3, -0.25) is 19.3 Å². The summed E-state index contributed by atoms with van der Waals surface area (Å²) in [6, 6.07) is 0. The lowest BCUT2D eigenvalue weighted by Crippen LogP contribution is -2.56. The summed E-state index contributed by atoms with van der Waals surface area (Å²) in [6.07, 6.45) is -2.45. The van der Waals surface area contributed by atoms with Crippen molar-refractivity contribution in [3.8, 4) is 0 Å². The van der Waals surface area contributed by atoms with Crippen LogP contribution in [0.3, 0.4) is 0 Å². The number of aldehydes is 2. The zero-order valence-corrected chi connectivity index (χ0v) is 14.9. The van der Waals surface area contributed by atoms with Gasteiger partial charge in [-0.05, 0) is 48.5 Å². The quantitative estimate of drug-likeness (QED) is 0.397. The third-order valence-corrected chi connectivity index (χ3v) is 2.94. The van der Waals surface area contributed by atoms with Gasteiger partial charge < -0.3 is 14.2 Å². The van der Waals surface area contributed by atoms with Crippen LogP contribution in [0.15, 0.2) is 0 Å². The Balaban J connectivity index is 3.10. The fourth-order valence-electron chi connectivity index (χ4n) is 2.01. The largest absolute Gasteiger partial charge is 0.359 e. The van der Waals surface area contributed by atoms with Gasteiger partial charge >= 0.3 is 0 Å². The molecule has 1 saturated heterocycles. The molecule has 1 rings (SSSR count). The molecule has 0 N–H and O–H groups in total. The Morgan fingerprint density at radius 1 is 1.00 bits per heavy atom. The van der Waals surface area contributed by atoms with Crippen LogP contribution < -0.4 is 0 Å². The van der Waals surface area contributed by atoms with E-state index in [1.807, 2.05) is 0 Å². The SMILES string of the molecule is C[C@H]1O[C@H]1C(=O)N(C(C=O)OC(C)(C)C)C(C=O)OC(C)(C)C. The summed E-state index contributed by atoms with van der Waals surface area (Å²) < 4.78 is 16.4. The van der Waals surface area contributed by atoms with Gasteiger partial charge in [0.05, 0.1) is 17.3 Å². The number of carbonyl (C=O) groups is 3. The maximum atomic E-state index is 12.6. The highest BCUT2D eigenvalue weighted by molar-refractivity contribution is 5.88. The highest BCUT2D eigenvalue weighted by atomic mass is 16.6. The third kappa shape index (κ3) is 6.01. The zero-order chi connectivity index (χ0) is 18.0. The standard InChI is InChI=1S/C16H27NO6/c1-10-13(21-10)14(20)17(11(8-18)22-15(2,3)4)12(9-19)23-16(5,6)7/h8-13H,1-7H3/t10-,11?,12?,13-/m1/s1. The first-order valence-electron chi connectivity index (χ1n) is 7.63. The Morgan fingerprint density at radius 3 is 1.57 bits per heavy atom. The van der Waals surface area contributed by atoms with Crippen molar-refractivity contribution in [2.75, 3.05) is 0 Å². The molecule has 4 atom stereocenters. The van der Waals surface area contributed by atoms with Gasteiger partial charge in [-0.15, -0.1) is 0 Å². The molecule has 1 heterocycles. The highest BCUT2D eigenvalue weighted by Crippen LogP contribution is 2.27. The molecule has 7 nitrogen and oxygen atoms in total. The number of epoxide rings is 1. The Labute approximate surface area is 137 Å². The van der Waals surface area contributed by atoms with E-state index in [1.165, 1.54) is 0 Å². The van der Waals surface area contributed by atoms with Gasteiger partial charge in [-0.2, -0.15) is 0 Å². The van der Waals surface area contributed by atoms with Crippen LogP contribution in [0.25, 0.3) is 0 Å². The van der Waals surface area contributed by atoms with Crippen molar-refractivity contribution in [3.63, 3.8) is 0 Å². The zero-order valence-electron chi connectivity index (χ0n) is 14.9. The Hall–Kier alpha value is -1.31. The minimum Gasteiger partial charge on any atom is -0.359 e. The van der Waals surface area contributed by atoms with Crippen molar-refractivity contribution in [1.29, 1.82) is 0 Å². The van der Waals surface area contributed by atoms with Gasteiger partial charge in [0, 0.05) is 0 Å². The Kier molecular flexibility index (Phi) is 6.06. The van der Waals surface area contributed by atoms with Gasteiger partial charge in [0.1, 0.15) is 0 Å².